The monoisotopic (exact) mass is 363 g/mol. The van der Waals surface area contributed by atoms with Crippen LogP contribution in [0.4, 0.5) is 0 Å². The van der Waals surface area contributed by atoms with E-state index in [4.69, 9.17) is 14.2 Å². The molecule has 6 nitrogen and oxygen atoms in total. The minimum absolute atomic E-state index is 0.152. The topological polar surface area (TPSA) is 73.9 Å². The van der Waals surface area contributed by atoms with Gasteiger partial charge in [-0.2, -0.15) is 0 Å². The molecule has 0 spiro atoms. The Morgan fingerprint density at radius 2 is 1.77 bits per heavy atom. The largest absolute Gasteiger partial charge is 0.490 e. The molecule has 1 aromatic carbocycles. The zero-order valence-corrected chi connectivity index (χ0v) is 15.8. The minimum atomic E-state index is -0.587. The van der Waals surface area contributed by atoms with Gasteiger partial charge in [0.25, 0.3) is 5.91 Å². The average molecular weight is 363 g/mol. The second-order valence-corrected chi connectivity index (χ2v) is 6.77. The molecule has 0 bridgehead atoms. The fraction of sp³-hybridized carbons (Fsp3) is 0.600. The highest BCUT2D eigenvalue weighted by Crippen LogP contribution is 2.29. The highest BCUT2D eigenvalue weighted by Gasteiger charge is 2.28. The van der Waals surface area contributed by atoms with Gasteiger partial charge >= 0.3 is 5.97 Å². The maximum Gasteiger partial charge on any atom is 0.344 e. The van der Waals surface area contributed by atoms with Crippen molar-refractivity contribution < 1.29 is 23.8 Å². The molecule has 0 unspecified atom stereocenters. The maximum atomic E-state index is 12.0. The van der Waals surface area contributed by atoms with Crippen LogP contribution in [0.5, 0.6) is 11.5 Å². The summed E-state index contributed by atoms with van der Waals surface area (Å²) in [7, 11) is 0. The predicted molar refractivity (Wildman–Crippen MR) is 98.2 cm³/mol. The lowest BCUT2D eigenvalue weighted by atomic mass is 9.78. The molecule has 0 aromatic heterocycles. The van der Waals surface area contributed by atoms with Gasteiger partial charge in [0, 0.05) is 6.04 Å². The number of amides is 1. The van der Waals surface area contributed by atoms with E-state index in [9.17, 15) is 9.59 Å². The van der Waals surface area contributed by atoms with Crippen LogP contribution in [0.15, 0.2) is 24.3 Å². The number of hydrogen-bond acceptors (Lipinski definition) is 5. The van der Waals surface area contributed by atoms with E-state index in [1.807, 2.05) is 13.0 Å². The van der Waals surface area contributed by atoms with Crippen molar-refractivity contribution in [3.8, 4) is 11.5 Å². The summed E-state index contributed by atoms with van der Waals surface area (Å²) >= 11 is 0. The lowest BCUT2D eigenvalue weighted by molar-refractivity contribution is -0.150. The Hall–Kier alpha value is -2.24. The van der Waals surface area contributed by atoms with Crippen molar-refractivity contribution in [2.24, 2.45) is 11.8 Å². The predicted octanol–water partition coefficient (Wildman–Crippen LogP) is 2.95. The zero-order valence-electron chi connectivity index (χ0n) is 15.8. The molecular formula is C20H29NO5. The van der Waals surface area contributed by atoms with Gasteiger partial charge in [-0.3, -0.25) is 4.79 Å². The Labute approximate surface area is 155 Å². The minimum Gasteiger partial charge on any atom is -0.490 e. The Bertz CT molecular complexity index is 604. The van der Waals surface area contributed by atoms with Gasteiger partial charge in [0.1, 0.15) is 0 Å². The molecule has 1 saturated carbocycles. The number of nitrogens with one attached hydrogen (secondary N) is 1. The average Bonchev–Trinajstić information content (AvgIpc) is 2.63. The van der Waals surface area contributed by atoms with E-state index in [1.165, 1.54) is 6.42 Å². The van der Waals surface area contributed by atoms with Crippen LogP contribution in [-0.2, 0) is 14.3 Å². The van der Waals surface area contributed by atoms with Crippen LogP contribution >= 0.6 is 0 Å². The van der Waals surface area contributed by atoms with Gasteiger partial charge in [0.05, 0.1) is 6.61 Å². The fourth-order valence-corrected chi connectivity index (χ4v) is 3.20. The fourth-order valence-electron chi connectivity index (χ4n) is 3.20. The highest BCUT2D eigenvalue weighted by molar-refractivity contribution is 5.81. The first-order chi connectivity index (χ1) is 12.5. The number of ether oxygens (including phenoxy) is 3. The van der Waals surface area contributed by atoms with Crippen LogP contribution in [0, 0.1) is 11.8 Å². The van der Waals surface area contributed by atoms with E-state index in [-0.39, 0.29) is 25.2 Å². The van der Waals surface area contributed by atoms with Gasteiger partial charge in [0.2, 0.25) is 0 Å². The molecule has 1 aliphatic rings. The van der Waals surface area contributed by atoms with Crippen LogP contribution in [0.3, 0.4) is 0 Å². The SMILES string of the molecule is CCOc1ccccc1OCC(=O)OCC(=O)N[C@H]1CCC[C@@H](C)[C@@H]1C. The first-order valence-electron chi connectivity index (χ1n) is 9.30. The van der Waals surface area contributed by atoms with E-state index in [1.54, 1.807) is 18.2 Å². The van der Waals surface area contributed by atoms with Gasteiger partial charge in [-0.25, -0.2) is 4.79 Å². The number of para-hydroxylation sites is 2. The standard InChI is InChI=1S/C20H29NO5/c1-4-24-17-10-5-6-11-18(17)25-13-20(23)26-12-19(22)21-16-9-7-8-14(2)15(16)3/h5-6,10-11,14-16H,4,7-9,12-13H2,1-3H3,(H,21,22)/t14-,15+,16+/m1/s1. The van der Waals surface area contributed by atoms with E-state index in [0.717, 1.165) is 12.8 Å². The van der Waals surface area contributed by atoms with Gasteiger partial charge in [-0.05, 0) is 37.3 Å². The molecule has 0 radical (unpaired) electrons. The van der Waals surface area contributed by atoms with Crippen LogP contribution in [0.2, 0.25) is 0 Å². The van der Waals surface area contributed by atoms with E-state index >= 15 is 0 Å². The number of rotatable bonds is 8. The lowest BCUT2D eigenvalue weighted by Gasteiger charge is -2.34. The van der Waals surface area contributed by atoms with Crippen molar-refractivity contribution in [3.63, 3.8) is 0 Å². The molecule has 26 heavy (non-hydrogen) atoms. The second kappa shape index (κ2) is 10.0. The number of carbonyl (C=O) groups excluding carboxylic acids is 2. The molecule has 0 saturated heterocycles. The third-order valence-corrected chi connectivity index (χ3v) is 4.91. The van der Waals surface area contributed by atoms with Crippen molar-refractivity contribution in [2.45, 2.75) is 46.1 Å². The molecule has 0 aliphatic heterocycles. The van der Waals surface area contributed by atoms with Crippen LogP contribution in [0.25, 0.3) is 0 Å². The van der Waals surface area contributed by atoms with E-state index in [0.29, 0.717) is 29.9 Å². The first-order valence-corrected chi connectivity index (χ1v) is 9.30. The summed E-state index contributed by atoms with van der Waals surface area (Å²) in [6.07, 6.45) is 3.29. The van der Waals surface area contributed by atoms with Gasteiger partial charge in [0.15, 0.2) is 24.7 Å². The van der Waals surface area contributed by atoms with Gasteiger partial charge in [-0.1, -0.05) is 38.8 Å². The van der Waals surface area contributed by atoms with Crippen molar-refractivity contribution in [1.82, 2.24) is 5.32 Å². The van der Waals surface area contributed by atoms with Crippen molar-refractivity contribution in [2.75, 3.05) is 19.8 Å². The molecular weight excluding hydrogens is 334 g/mol. The molecule has 1 fully saturated rings. The third kappa shape index (κ3) is 5.93. The van der Waals surface area contributed by atoms with Crippen molar-refractivity contribution >= 4 is 11.9 Å². The molecule has 2 rings (SSSR count). The molecule has 1 N–H and O–H groups in total. The summed E-state index contributed by atoms with van der Waals surface area (Å²) in [6.45, 7) is 6.19. The highest BCUT2D eigenvalue weighted by atomic mass is 16.6. The molecule has 6 heteroatoms. The molecule has 1 aliphatic carbocycles. The molecule has 1 amide bonds. The summed E-state index contributed by atoms with van der Waals surface area (Å²) in [5, 5.41) is 2.98. The summed E-state index contributed by atoms with van der Waals surface area (Å²) < 4.78 is 15.9. The maximum absolute atomic E-state index is 12.0. The number of esters is 1. The lowest BCUT2D eigenvalue weighted by Crippen LogP contribution is -2.45. The normalized spacial score (nSPS) is 22.3. The summed E-state index contributed by atoms with van der Waals surface area (Å²) in [5.41, 5.74) is 0. The zero-order chi connectivity index (χ0) is 18.9. The van der Waals surface area contributed by atoms with E-state index < -0.39 is 5.97 Å². The van der Waals surface area contributed by atoms with Gasteiger partial charge < -0.3 is 19.5 Å². The van der Waals surface area contributed by atoms with Crippen LogP contribution in [-0.4, -0.2) is 37.7 Å². The Kier molecular flexibility index (Phi) is 7.75. The van der Waals surface area contributed by atoms with E-state index in [2.05, 4.69) is 19.2 Å². The Morgan fingerprint density at radius 3 is 2.46 bits per heavy atom. The Balaban J connectivity index is 1.72. The third-order valence-electron chi connectivity index (χ3n) is 4.91. The quantitative estimate of drug-likeness (QED) is 0.719. The molecule has 3 atom stereocenters. The number of carbonyl (C=O) groups is 2. The molecule has 1 aromatic rings. The number of hydrogen-bond donors (Lipinski definition) is 1. The molecule has 0 heterocycles. The van der Waals surface area contributed by atoms with Crippen molar-refractivity contribution in [1.29, 1.82) is 0 Å². The first kappa shape index (κ1) is 20.1. The second-order valence-electron chi connectivity index (χ2n) is 6.77. The van der Waals surface area contributed by atoms with Crippen molar-refractivity contribution in [3.05, 3.63) is 24.3 Å². The summed E-state index contributed by atoms with van der Waals surface area (Å²) in [4.78, 5) is 23.9. The van der Waals surface area contributed by atoms with Crippen LogP contribution < -0.4 is 14.8 Å². The van der Waals surface area contributed by atoms with Crippen LogP contribution in [0.1, 0.15) is 40.0 Å². The summed E-state index contributed by atoms with van der Waals surface area (Å²) in [6, 6.07) is 7.26. The summed E-state index contributed by atoms with van der Waals surface area (Å²) in [5.74, 6) is 1.22. The Morgan fingerprint density at radius 1 is 1.08 bits per heavy atom. The van der Waals surface area contributed by atoms with Gasteiger partial charge in [-0.15, -0.1) is 0 Å². The number of benzene rings is 1. The smallest absolute Gasteiger partial charge is 0.344 e. The molecule has 144 valence electrons.